The molecule has 0 unspecified atom stereocenters. The molecule has 0 aromatic heterocycles. The van der Waals surface area contributed by atoms with Gasteiger partial charge in [-0.2, -0.15) is 0 Å². The van der Waals surface area contributed by atoms with Crippen LogP contribution in [0, 0.1) is 5.41 Å². The molecule has 1 aliphatic heterocycles. The van der Waals surface area contributed by atoms with Crippen molar-refractivity contribution in [2.75, 3.05) is 14.2 Å². The molecule has 1 aromatic carbocycles. The molecule has 0 bridgehead atoms. The van der Waals surface area contributed by atoms with Crippen molar-refractivity contribution < 1.29 is 19.0 Å². The van der Waals surface area contributed by atoms with Crippen LogP contribution >= 0.6 is 0 Å². The van der Waals surface area contributed by atoms with E-state index in [-0.39, 0.29) is 11.1 Å². The number of benzene rings is 1. The zero-order chi connectivity index (χ0) is 15.6. The highest BCUT2D eigenvalue weighted by Crippen LogP contribution is 2.33. The molecule has 0 aliphatic carbocycles. The van der Waals surface area contributed by atoms with Gasteiger partial charge in [0.15, 0.2) is 17.2 Å². The molecule has 0 spiro atoms. The van der Waals surface area contributed by atoms with Gasteiger partial charge in [0.2, 0.25) is 5.90 Å². The van der Waals surface area contributed by atoms with Gasteiger partial charge in [0, 0.05) is 11.0 Å². The number of cyclic esters (lactones) is 1. The Labute approximate surface area is 124 Å². The van der Waals surface area contributed by atoms with Crippen LogP contribution in [-0.2, 0) is 9.53 Å². The van der Waals surface area contributed by atoms with E-state index in [4.69, 9.17) is 14.2 Å². The van der Waals surface area contributed by atoms with Gasteiger partial charge in [-0.05, 0) is 12.1 Å². The molecule has 112 valence electrons. The minimum Gasteiger partial charge on any atom is -0.493 e. The molecular formula is C16H19NO4. The topological polar surface area (TPSA) is 57.1 Å². The number of nitrogens with zero attached hydrogens (tertiary/aromatic N) is 1. The van der Waals surface area contributed by atoms with Gasteiger partial charge in [-0.25, -0.2) is 9.79 Å². The third-order valence-corrected chi connectivity index (χ3v) is 2.99. The van der Waals surface area contributed by atoms with Crippen LogP contribution in [-0.4, -0.2) is 26.1 Å². The third kappa shape index (κ3) is 3.07. The van der Waals surface area contributed by atoms with E-state index in [2.05, 4.69) is 4.99 Å². The van der Waals surface area contributed by atoms with E-state index < -0.39 is 5.97 Å². The normalized spacial score (nSPS) is 16.7. The van der Waals surface area contributed by atoms with Gasteiger partial charge in [0.1, 0.15) is 0 Å². The van der Waals surface area contributed by atoms with Gasteiger partial charge < -0.3 is 14.2 Å². The molecule has 0 saturated heterocycles. The number of para-hydroxylation sites is 1. The van der Waals surface area contributed by atoms with Crippen LogP contribution in [0.25, 0.3) is 6.08 Å². The average Bonchev–Trinajstić information content (AvgIpc) is 2.80. The summed E-state index contributed by atoms with van der Waals surface area (Å²) in [5, 5.41) is 0. The van der Waals surface area contributed by atoms with E-state index in [1.54, 1.807) is 26.4 Å². The zero-order valence-electron chi connectivity index (χ0n) is 12.9. The number of hydrogen-bond acceptors (Lipinski definition) is 5. The molecule has 2 rings (SSSR count). The van der Waals surface area contributed by atoms with E-state index in [9.17, 15) is 4.79 Å². The quantitative estimate of drug-likeness (QED) is 0.634. The Bertz CT molecular complexity index is 624. The highest BCUT2D eigenvalue weighted by atomic mass is 16.6. The van der Waals surface area contributed by atoms with Crippen LogP contribution in [0.4, 0.5) is 0 Å². The van der Waals surface area contributed by atoms with Crippen molar-refractivity contribution in [2.24, 2.45) is 10.4 Å². The zero-order valence-corrected chi connectivity index (χ0v) is 12.9. The lowest BCUT2D eigenvalue weighted by molar-refractivity contribution is -0.130. The van der Waals surface area contributed by atoms with Gasteiger partial charge in [0.05, 0.1) is 14.2 Å². The number of hydrogen-bond donors (Lipinski definition) is 0. The summed E-state index contributed by atoms with van der Waals surface area (Å²) >= 11 is 0. The standard InChI is InChI=1S/C16H19NO4/c1-16(2,3)15-17-11(14(18)21-15)9-10-7-6-8-12(19-4)13(10)20-5/h6-9H,1-5H3/b11-9-. The summed E-state index contributed by atoms with van der Waals surface area (Å²) in [4.78, 5) is 16.2. The fourth-order valence-electron chi connectivity index (χ4n) is 1.90. The Balaban J connectivity index is 2.45. The number of ether oxygens (including phenoxy) is 3. The van der Waals surface area contributed by atoms with Crippen molar-refractivity contribution in [3.8, 4) is 11.5 Å². The first-order chi connectivity index (χ1) is 9.86. The first-order valence-corrected chi connectivity index (χ1v) is 6.61. The predicted molar refractivity (Wildman–Crippen MR) is 80.5 cm³/mol. The fourth-order valence-corrected chi connectivity index (χ4v) is 1.90. The predicted octanol–water partition coefficient (Wildman–Crippen LogP) is 3.05. The number of methoxy groups -OCH3 is 2. The van der Waals surface area contributed by atoms with Crippen molar-refractivity contribution >= 4 is 17.9 Å². The molecule has 1 heterocycles. The largest absolute Gasteiger partial charge is 0.493 e. The maximum Gasteiger partial charge on any atom is 0.363 e. The van der Waals surface area contributed by atoms with Crippen molar-refractivity contribution in [1.29, 1.82) is 0 Å². The van der Waals surface area contributed by atoms with Crippen LogP contribution in [0.5, 0.6) is 11.5 Å². The summed E-state index contributed by atoms with van der Waals surface area (Å²) < 4.78 is 15.8. The van der Waals surface area contributed by atoms with Crippen molar-refractivity contribution in [3.05, 3.63) is 29.5 Å². The SMILES string of the molecule is COc1cccc(/C=C2\N=C(C(C)(C)C)OC2=O)c1OC. The van der Waals surface area contributed by atoms with Crippen LogP contribution in [0.1, 0.15) is 26.3 Å². The molecule has 5 heteroatoms. The number of esters is 1. The van der Waals surface area contributed by atoms with Crippen LogP contribution in [0.2, 0.25) is 0 Å². The minimum atomic E-state index is -0.454. The first-order valence-electron chi connectivity index (χ1n) is 6.61. The highest BCUT2D eigenvalue weighted by molar-refractivity contribution is 6.08. The molecule has 1 aliphatic rings. The summed E-state index contributed by atoms with van der Waals surface area (Å²) in [5.41, 5.74) is 0.651. The van der Waals surface area contributed by atoms with Gasteiger partial charge in [-0.15, -0.1) is 0 Å². The minimum absolute atomic E-state index is 0.256. The van der Waals surface area contributed by atoms with E-state index in [1.807, 2.05) is 32.9 Å². The molecule has 0 amide bonds. The molecule has 0 atom stereocenters. The van der Waals surface area contributed by atoms with Crippen molar-refractivity contribution in [1.82, 2.24) is 0 Å². The van der Waals surface area contributed by atoms with E-state index in [0.717, 1.165) is 0 Å². The third-order valence-electron chi connectivity index (χ3n) is 2.99. The highest BCUT2D eigenvalue weighted by Gasteiger charge is 2.31. The van der Waals surface area contributed by atoms with E-state index in [0.29, 0.717) is 23.0 Å². The Kier molecular flexibility index (Phi) is 4.02. The van der Waals surface area contributed by atoms with Gasteiger partial charge in [-0.3, -0.25) is 0 Å². The number of rotatable bonds is 3. The summed E-state index contributed by atoms with van der Waals surface area (Å²) in [6, 6.07) is 5.44. The monoisotopic (exact) mass is 289 g/mol. The van der Waals surface area contributed by atoms with E-state index in [1.165, 1.54) is 0 Å². The first kappa shape index (κ1) is 15.1. The maximum absolute atomic E-state index is 11.9. The molecule has 5 nitrogen and oxygen atoms in total. The van der Waals surface area contributed by atoms with E-state index >= 15 is 0 Å². The van der Waals surface area contributed by atoms with Crippen molar-refractivity contribution in [3.63, 3.8) is 0 Å². The lowest BCUT2D eigenvalue weighted by Crippen LogP contribution is -2.21. The Morgan fingerprint density at radius 2 is 1.90 bits per heavy atom. The molecule has 0 saturated carbocycles. The van der Waals surface area contributed by atoms with Gasteiger partial charge >= 0.3 is 5.97 Å². The smallest absolute Gasteiger partial charge is 0.363 e. The van der Waals surface area contributed by atoms with Gasteiger partial charge in [-0.1, -0.05) is 32.9 Å². The summed E-state index contributed by atoms with van der Waals surface area (Å²) in [5.74, 6) is 1.11. The van der Waals surface area contributed by atoms with Crippen LogP contribution in [0.15, 0.2) is 28.9 Å². The summed E-state index contributed by atoms with van der Waals surface area (Å²) in [6.07, 6.45) is 1.64. The average molecular weight is 289 g/mol. The molecule has 0 fully saturated rings. The maximum atomic E-state index is 11.9. The molecular weight excluding hydrogens is 270 g/mol. The Morgan fingerprint density at radius 3 is 2.43 bits per heavy atom. The summed E-state index contributed by atoms with van der Waals surface area (Å²) in [6.45, 7) is 5.82. The molecule has 1 aromatic rings. The lowest BCUT2D eigenvalue weighted by Gasteiger charge is -2.15. The summed E-state index contributed by atoms with van der Waals surface area (Å²) in [7, 11) is 3.12. The Hall–Kier alpha value is -2.30. The molecule has 0 radical (unpaired) electrons. The van der Waals surface area contributed by atoms with Crippen LogP contribution < -0.4 is 9.47 Å². The fraction of sp³-hybridized carbons (Fsp3) is 0.375. The second kappa shape index (κ2) is 5.60. The number of carbonyl (C=O) groups is 1. The molecule has 21 heavy (non-hydrogen) atoms. The number of aliphatic imine (C=N–C) groups is 1. The molecule has 0 N–H and O–H groups in total. The lowest BCUT2D eigenvalue weighted by atomic mass is 9.97. The second-order valence-electron chi connectivity index (χ2n) is 5.67. The van der Waals surface area contributed by atoms with Gasteiger partial charge in [0.25, 0.3) is 0 Å². The number of carbonyl (C=O) groups excluding carboxylic acids is 1. The van der Waals surface area contributed by atoms with Crippen molar-refractivity contribution in [2.45, 2.75) is 20.8 Å². The second-order valence-corrected chi connectivity index (χ2v) is 5.67. The van der Waals surface area contributed by atoms with Crippen LogP contribution in [0.3, 0.4) is 0 Å². The Morgan fingerprint density at radius 1 is 1.19 bits per heavy atom.